The third-order valence-electron chi connectivity index (χ3n) is 2.88. The molecule has 0 spiro atoms. The van der Waals surface area contributed by atoms with E-state index < -0.39 is 0 Å². The molecule has 0 fully saturated rings. The van der Waals surface area contributed by atoms with Crippen LogP contribution in [0.2, 0.25) is 0 Å². The standard InChI is InChI=1S/C14H19N3O2S/c1-2-3-4-9-15-12(18)7-8-13-16-14(17-19-13)11-6-5-10-20-11/h5-6,10H,2-4,7-9H2,1H3,(H,15,18). The lowest BCUT2D eigenvalue weighted by atomic mass is 10.2. The smallest absolute Gasteiger partial charge is 0.227 e. The number of amides is 1. The minimum absolute atomic E-state index is 0.0389. The number of aromatic nitrogens is 2. The number of thiophene rings is 1. The number of unbranched alkanes of at least 4 members (excludes halogenated alkanes) is 2. The van der Waals surface area contributed by atoms with Crippen molar-refractivity contribution in [3.05, 3.63) is 23.4 Å². The lowest BCUT2D eigenvalue weighted by Crippen LogP contribution is -2.24. The monoisotopic (exact) mass is 293 g/mol. The van der Waals surface area contributed by atoms with Gasteiger partial charge in [-0.05, 0) is 17.9 Å². The predicted molar refractivity (Wildman–Crippen MR) is 78.5 cm³/mol. The Morgan fingerprint density at radius 2 is 2.35 bits per heavy atom. The highest BCUT2D eigenvalue weighted by molar-refractivity contribution is 7.13. The lowest BCUT2D eigenvalue weighted by Gasteiger charge is -2.02. The van der Waals surface area contributed by atoms with Crippen molar-refractivity contribution in [1.29, 1.82) is 0 Å². The highest BCUT2D eigenvalue weighted by Gasteiger charge is 2.10. The van der Waals surface area contributed by atoms with Crippen molar-refractivity contribution in [3.8, 4) is 10.7 Å². The van der Waals surface area contributed by atoms with E-state index in [0.29, 0.717) is 24.6 Å². The molecule has 0 radical (unpaired) electrons. The summed E-state index contributed by atoms with van der Waals surface area (Å²) >= 11 is 1.57. The van der Waals surface area contributed by atoms with Gasteiger partial charge in [0.1, 0.15) is 0 Å². The van der Waals surface area contributed by atoms with Crippen molar-refractivity contribution in [2.24, 2.45) is 0 Å². The minimum Gasteiger partial charge on any atom is -0.356 e. The van der Waals surface area contributed by atoms with Crippen molar-refractivity contribution in [2.45, 2.75) is 39.0 Å². The number of aryl methyl sites for hydroxylation is 1. The number of rotatable bonds is 8. The van der Waals surface area contributed by atoms with Crippen LogP contribution in [0.3, 0.4) is 0 Å². The van der Waals surface area contributed by atoms with Gasteiger partial charge in [0.15, 0.2) is 0 Å². The summed E-state index contributed by atoms with van der Waals surface area (Å²) in [6.07, 6.45) is 4.21. The van der Waals surface area contributed by atoms with Gasteiger partial charge in [0.2, 0.25) is 17.6 Å². The highest BCUT2D eigenvalue weighted by atomic mass is 32.1. The van der Waals surface area contributed by atoms with Crippen molar-refractivity contribution in [1.82, 2.24) is 15.5 Å². The molecule has 0 saturated heterocycles. The fourth-order valence-electron chi connectivity index (χ4n) is 1.77. The Kier molecular flexibility index (Phi) is 5.73. The molecule has 2 aromatic heterocycles. The molecule has 0 bridgehead atoms. The average molecular weight is 293 g/mol. The number of nitrogens with one attached hydrogen (secondary N) is 1. The summed E-state index contributed by atoms with van der Waals surface area (Å²) in [6, 6.07) is 3.89. The van der Waals surface area contributed by atoms with Crippen LogP contribution in [0.5, 0.6) is 0 Å². The molecule has 0 aliphatic heterocycles. The maximum absolute atomic E-state index is 11.6. The van der Waals surface area contributed by atoms with E-state index in [1.807, 2.05) is 17.5 Å². The van der Waals surface area contributed by atoms with E-state index >= 15 is 0 Å². The molecule has 1 amide bonds. The first-order chi connectivity index (χ1) is 9.79. The zero-order valence-corrected chi connectivity index (χ0v) is 12.4. The lowest BCUT2D eigenvalue weighted by molar-refractivity contribution is -0.121. The maximum atomic E-state index is 11.6. The largest absolute Gasteiger partial charge is 0.356 e. The van der Waals surface area contributed by atoms with Gasteiger partial charge in [-0.25, -0.2) is 0 Å². The number of carbonyl (C=O) groups excluding carboxylic acids is 1. The minimum atomic E-state index is 0.0389. The van der Waals surface area contributed by atoms with Crippen molar-refractivity contribution in [3.63, 3.8) is 0 Å². The van der Waals surface area contributed by atoms with E-state index in [-0.39, 0.29) is 5.91 Å². The summed E-state index contributed by atoms with van der Waals surface area (Å²) in [5, 5.41) is 8.78. The molecule has 1 N–H and O–H groups in total. The van der Waals surface area contributed by atoms with Gasteiger partial charge in [-0.2, -0.15) is 4.98 Å². The van der Waals surface area contributed by atoms with Gasteiger partial charge in [-0.3, -0.25) is 4.79 Å². The Morgan fingerprint density at radius 3 is 3.10 bits per heavy atom. The molecule has 2 rings (SSSR count). The van der Waals surface area contributed by atoms with E-state index in [2.05, 4.69) is 22.4 Å². The SMILES string of the molecule is CCCCCNC(=O)CCc1nc(-c2cccs2)no1. The van der Waals surface area contributed by atoms with Crippen LogP contribution in [0.25, 0.3) is 10.7 Å². The molecule has 20 heavy (non-hydrogen) atoms. The van der Waals surface area contributed by atoms with Gasteiger partial charge < -0.3 is 9.84 Å². The molecule has 2 aromatic rings. The molecule has 6 heteroatoms. The van der Waals surface area contributed by atoms with Gasteiger partial charge in [0, 0.05) is 19.4 Å². The summed E-state index contributed by atoms with van der Waals surface area (Å²) < 4.78 is 5.15. The average Bonchev–Trinajstić information content (AvgIpc) is 3.11. The Morgan fingerprint density at radius 1 is 1.45 bits per heavy atom. The summed E-state index contributed by atoms with van der Waals surface area (Å²) in [5.41, 5.74) is 0. The van der Waals surface area contributed by atoms with E-state index in [4.69, 9.17) is 4.52 Å². The maximum Gasteiger partial charge on any atom is 0.227 e. The Bertz CT molecular complexity index is 522. The molecule has 108 valence electrons. The zero-order chi connectivity index (χ0) is 14.2. The molecule has 0 unspecified atom stereocenters. The van der Waals surface area contributed by atoms with Crippen LogP contribution in [-0.4, -0.2) is 22.6 Å². The Hall–Kier alpha value is -1.69. The summed E-state index contributed by atoms with van der Waals surface area (Å²) in [6.45, 7) is 2.89. The molecule has 5 nitrogen and oxygen atoms in total. The van der Waals surface area contributed by atoms with Crippen LogP contribution in [0.4, 0.5) is 0 Å². The number of carbonyl (C=O) groups is 1. The van der Waals surface area contributed by atoms with E-state index in [1.165, 1.54) is 0 Å². The molecule has 0 atom stereocenters. The second kappa shape index (κ2) is 7.79. The third kappa shape index (κ3) is 4.45. The van der Waals surface area contributed by atoms with E-state index in [9.17, 15) is 4.79 Å². The molecule has 0 aliphatic carbocycles. The van der Waals surface area contributed by atoms with Crippen LogP contribution in [0.15, 0.2) is 22.0 Å². The van der Waals surface area contributed by atoms with Gasteiger partial charge in [-0.1, -0.05) is 31.0 Å². The van der Waals surface area contributed by atoms with Crippen LogP contribution in [0, 0.1) is 0 Å². The number of hydrogen-bond donors (Lipinski definition) is 1. The molecule has 0 aromatic carbocycles. The zero-order valence-electron chi connectivity index (χ0n) is 11.6. The van der Waals surface area contributed by atoms with Gasteiger partial charge in [-0.15, -0.1) is 11.3 Å². The van der Waals surface area contributed by atoms with Crippen LogP contribution in [-0.2, 0) is 11.2 Å². The first kappa shape index (κ1) is 14.7. The normalized spacial score (nSPS) is 10.7. The summed E-state index contributed by atoms with van der Waals surface area (Å²) in [5.74, 6) is 1.15. The Balaban J connectivity index is 1.73. The second-order valence-corrected chi connectivity index (χ2v) is 5.49. The molecule has 2 heterocycles. The van der Waals surface area contributed by atoms with Crippen LogP contribution >= 0.6 is 11.3 Å². The van der Waals surface area contributed by atoms with Crippen molar-refractivity contribution in [2.75, 3.05) is 6.54 Å². The van der Waals surface area contributed by atoms with Crippen LogP contribution < -0.4 is 5.32 Å². The molecule has 0 saturated carbocycles. The summed E-state index contributed by atoms with van der Waals surface area (Å²) in [7, 11) is 0. The topological polar surface area (TPSA) is 68.0 Å². The number of hydrogen-bond acceptors (Lipinski definition) is 5. The van der Waals surface area contributed by atoms with Gasteiger partial charge in [0.05, 0.1) is 4.88 Å². The molecular weight excluding hydrogens is 274 g/mol. The second-order valence-electron chi connectivity index (χ2n) is 4.55. The van der Waals surface area contributed by atoms with Crippen molar-refractivity contribution >= 4 is 17.2 Å². The third-order valence-corrected chi connectivity index (χ3v) is 3.74. The quantitative estimate of drug-likeness (QED) is 0.760. The number of nitrogens with zero attached hydrogens (tertiary/aromatic N) is 2. The summed E-state index contributed by atoms with van der Waals surface area (Å²) in [4.78, 5) is 16.9. The Labute approximate surface area is 122 Å². The predicted octanol–water partition coefficient (Wildman–Crippen LogP) is 3.04. The fourth-order valence-corrected chi connectivity index (χ4v) is 2.42. The van der Waals surface area contributed by atoms with Gasteiger partial charge in [0.25, 0.3) is 0 Å². The van der Waals surface area contributed by atoms with E-state index in [0.717, 1.165) is 30.7 Å². The highest BCUT2D eigenvalue weighted by Crippen LogP contribution is 2.21. The fraction of sp³-hybridized carbons (Fsp3) is 0.500. The molecular formula is C14H19N3O2S. The first-order valence-corrected chi connectivity index (χ1v) is 7.80. The molecule has 0 aliphatic rings. The van der Waals surface area contributed by atoms with Crippen molar-refractivity contribution < 1.29 is 9.32 Å². The van der Waals surface area contributed by atoms with E-state index in [1.54, 1.807) is 11.3 Å². The first-order valence-electron chi connectivity index (χ1n) is 6.92. The van der Waals surface area contributed by atoms with Gasteiger partial charge >= 0.3 is 0 Å². The van der Waals surface area contributed by atoms with Crippen LogP contribution in [0.1, 0.15) is 38.5 Å².